The molecule has 3 aliphatic rings. The molecule has 5 nitrogen and oxygen atoms in total. The fraction of sp³-hybridized carbons (Fsp3) is 0.412. The molecule has 0 radical (unpaired) electrons. The van der Waals surface area contributed by atoms with Gasteiger partial charge in [-0.05, 0) is 36.6 Å². The topological polar surface area (TPSA) is 55.8 Å². The van der Waals surface area contributed by atoms with Gasteiger partial charge in [0, 0.05) is 13.0 Å². The van der Waals surface area contributed by atoms with Crippen LogP contribution in [-0.4, -0.2) is 36.4 Å². The highest BCUT2D eigenvalue weighted by molar-refractivity contribution is 6.20. The standard InChI is InChI=1S/C17H17NO4/c1-9-16-15(17(20)22-9)14(19)8-13-12-4-3-11(21-2)7-10(12)5-6-18(13)16/h3-4,7,9,13H,5-6,8H2,1-2H3. The van der Waals surface area contributed by atoms with E-state index in [1.54, 1.807) is 7.11 Å². The van der Waals surface area contributed by atoms with Crippen LogP contribution in [0, 0.1) is 0 Å². The fourth-order valence-electron chi connectivity index (χ4n) is 3.82. The zero-order valence-electron chi connectivity index (χ0n) is 12.6. The molecule has 1 aromatic rings. The number of benzene rings is 1. The molecular formula is C17H17NO4. The predicted molar refractivity (Wildman–Crippen MR) is 78.3 cm³/mol. The van der Waals surface area contributed by atoms with Crippen LogP contribution in [0.15, 0.2) is 29.5 Å². The van der Waals surface area contributed by atoms with Crippen molar-refractivity contribution < 1.29 is 19.1 Å². The van der Waals surface area contributed by atoms with Crippen LogP contribution < -0.4 is 4.74 Å². The molecule has 5 heteroatoms. The van der Waals surface area contributed by atoms with Crippen molar-refractivity contribution in [3.8, 4) is 5.75 Å². The van der Waals surface area contributed by atoms with Gasteiger partial charge in [0.25, 0.3) is 0 Å². The van der Waals surface area contributed by atoms with Gasteiger partial charge in [-0.1, -0.05) is 6.07 Å². The van der Waals surface area contributed by atoms with Crippen molar-refractivity contribution >= 4 is 11.8 Å². The van der Waals surface area contributed by atoms with Crippen molar-refractivity contribution in [2.24, 2.45) is 0 Å². The number of hydrogen-bond donors (Lipinski definition) is 0. The molecular weight excluding hydrogens is 282 g/mol. The number of ether oxygens (including phenoxy) is 2. The lowest BCUT2D eigenvalue weighted by Crippen LogP contribution is -2.42. The maximum atomic E-state index is 12.4. The van der Waals surface area contributed by atoms with Crippen LogP contribution >= 0.6 is 0 Å². The Morgan fingerprint density at radius 1 is 1.32 bits per heavy atom. The van der Waals surface area contributed by atoms with Gasteiger partial charge in [-0.25, -0.2) is 4.79 Å². The molecule has 0 aromatic heterocycles. The number of methoxy groups -OCH3 is 1. The second-order valence-corrected chi connectivity index (χ2v) is 5.96. The number of carbonyl (C=O) groups is 2. The van der Waals surface area contributed by atoms with E-state index < -0.39 is 5.97 Å². The molecule has 0 bridgehead atoms. The molecule has 0 spiro atoms. The molecule has 0 aliphatic carbocycles. The summed E-state index contributed by atoms with van der Waals surface area (Å²) in [6.07, 6.45) is 0.864. The minimum absolute atomic E-state index is 0.00199. The molecule has 1 aromatic carbocycles. The number of fused-ring (bicyclic) bond motifs is 4. The molecule has 3 heterocycles. The Morgan fingerprint density at radius 2 is 2.14 bits per heavy atom. The Kier molecular flexibility index (Phi) is 2.79. The Bertz CT molecular complexity index is 721. The lowest BCUT2D eigenvalue weighted by atomic mass is 9.84. The molecule has 0 fully saturated rings. The quantitative estimate of drug-likeness (QED) is 0.584. The van der Waals surface area contributed by atoms with Crippen LogP contribution in [0.2, 0.25) is 0 Å². The van der Waals surface area contributed by atoms with Crippen LogP contribution in [0.25, 0.3) is 0 Å². The first kappa shape index (κ1) is 13.4. The van der Waals surface area contributed by atoms with Gasteiger partial charge < -0.3 is 14.4 Å². The van der Waals surface area contributed by atoms with Crippen molar-refractivity contribution in [3.05, 3.63) is 40.6 Å². The van der Waals surface area contributed by atoms with Gasteiger partial charge in [-0.2, -0.15) is 0 Å². The van der Waals surface area contributed by atoms with Crippen LogP contribution in [0.3, 0.4) is 0 Å². The van der Waals surface area contributed by atoms with E-state index in [0.717, 1.165) is 30.0 Å². The van der Waals surface area contributed by atoms with E-state index in [4.69, 9.17) is 9.47 Å². The summed E-state index contributed by atoms with van der Waals surface area (Å²) >= 11 is 0. The van der Waals surface area contributed by atoms with Crippen molar-refractivity contribution in [1.82, 2.24) is 4.90 Å². The summed E-state index contributed by atoms with van der Waals surface area (Å²) in [5, 5.41) is 0. The number of hydrogen-bond acceptors (Lipinski definition) is 5. The molecule has 22 heavy (non-hydrogen) atoms. The third-order valence-electron chi connectivity index (χ3n) is 4.80. The fourth-order valence-corrected chi connectivity index (χ4v) is 3.82. The van der Waals surface area contributed by atoms with Crippen molar-refractivity contribution in [2.45, 2.75) is 31.9 Å². The molecule has 4 rings (SSSR count). The van der Waals surface area contributed by atoms with E-state index in [9.17, 15) is 9.59 Å². The molecule has 114 valence electrons. The van der Waals surface area contributed by atoms with E-state index in [1.165, 1.54) is 5.56 Å². The minimum atomic E-state index is -0.466. The number of ketones is 1. The zero-order chi connectivity index (χ0) is 15.4. The summed E-state index contributed by atoms with van der Waals surface area (Å²) in [5.74, 6) is 0.266. The Hall–Kier alpha value is -2.30. The van der Waals surface area contributed by atoms with E-state index >= 15 is 0 Å². The maximum absolute atomic E-state index is 12.4. The Labute approximate surface area is 128 Å². The van der Waals surface area contributed by atoms with E-state index in [1.807, 2.05) is 25.1 Å². The largest absolute Gasteiger partial charge is 0.497 e. The zero-order valence-corrected chi connectivity index (χ0v) is 12.6. The highest BCUT2D eigenvalue weighted by Gasteiger charge is 2.46. The van der Waals surface area contributed by atoms with Crippen molar-refractivity contribution in [1.29, 1.82) is 0 Å². The third kappa shape index (κ3) is 1.71. The predicted octanol–water partition coefficient (Wildman–Crippen LogP) is 1.77. The Balaban J connectivity index is 1.80. The first-order valence-electron chi connectivity index (χ1n) is 7.52. The Morgan fingerprint density at radius 3 is 2.91 bits per heavy atom. The summed E-state index contributed by atoms with van der Waals surface area (Å²) in [7, 11) is 1.65. The molecule has 2 atom stereocenters. The monoisotopic (exact) mass is 299 g/mol. The summed E-state index contributed by atoms with van der Waals surface area (Å²) in [6.45, 7) is 2.62. The van der Waals surface area contributed by atoms with Gasteiger partial charge >= 0.3 is 5.97 Å². The smallest absolute Gasteiger partial charge is 0.344 e. The highest BCUT2D eigenvalue weighted by Crippen LogP contribution is 2.44. The number of esters is 1. The molecule has 0 saturated heterocycles. The number of rotatable bonds is 1. The van der Waals surface area contributed by atoms with E-state index in [0.29, 0.717) is 6.42 Å². The highest BCUT2D eigenvalue weighted by atomic mass is 16.5. The number of Topliss-reactive ketones (excluding diaryl/α,β-unsaturated/α-hetero) is 1. The summed E-state index contributed by atoms with van der Waals surface area (Å²) < 4.78 is 10.5. The second kappa shape index (κ2) is 4.60. The lowest BCUT2D eigenvalue weighted by Gasteiger charge is -2.42. The molecule has 0 N–H and O–H groups in total. The van der Waals surface area contributed by atoms with E-state index in [-0.39, 0.29) is 23.5 Å². The van der Waals surface area contributed by atoms with Crippen molar-refractivity contribution in [2.75, 3.05) is 13.7 Å². The summed E-state index contributed by atoms with van der Waals surface area (Å²) in [5.41, 5.74) is 3.40. The summed E-state index contributed by atoms with van der Waals surface area (Å²) in [4.78, 5) is 26.5. The van der Waals surface area contributed by atoms with Gasteiger partial charge in [0.1, 0.15) is 17.4 Å². The molecule has 3 aliphatic heterocycles. The first-order chi connectivity index (χ1) is 10.6. The van der Waals surface area contributed by atoms with Gasteiger partial charge in [-0.15, -0.1) is 0 Å². The summed E-state index contributed by atoms with van der Waals surface area (Å²) in [6, 6.07) is 6.00. The maximum Gasteiger partial charge on any atom is 0.344 e. The molecule has 0 amide bonds. The van der Waals surface area contributed by atoms with Crippen LogP contribution in [-0.2, 0) is 20.7 Å². The van der Waals surface area contributed by atoms with Crippen LogP contribution in [0.1, 0.15) is 30.5 Å². The van der Waals surface area contributed by atoms with Gasteiger partial charge in [0.15, 0.2) is 5.78 Å². The number of cyclic esters (lactones) is 1. The normalized spacial score (nSPS) is 26.4. The number of nitrogens with zero attached hydrogens (tertiary/aromatic N) is 1. The van der Waals surface area contributed by atoms with Crippen LogP contribution in [0.5, 0.6) is 5.75 Å². The second-order valence-electron chi connectivity index (χ2n) is 5.96. The third-order valence-corrected chi connectivity index (χ3v) is 4.80. The lowest BCUT2D eigenvalue weighted by molar-refractivity contribution is -0.140. The molecule has 0 saturated carbocycles. The van der Waals surface area contributed by atoms with Crippen molar-refractivity contribution in [3.63, 3.8) is 0 Å². The van der Waals surface area contributed by atoms with Gasteiger partial charge in [0.05, 0.1) is 18.8 Å². The average Bonchev–Trinajstić information content (AvgIpc) is 2.82. The molecule has 2 unspecified atom stereocenters. The van der Waals surface area contributed by atoms with Gasteiger partial charge in [0.2, 0.25) is 0 Å². The van der Waals surface area contributed by atoms with E-state index in [2.05, 4.69) is 4.90 Å². The SMILES string of the molecule is COc1ccc2c(c1)CCN1C3=C(C(=O)CC21)C(=O)OC3C. The number of carbonyl (C=O) groups excluding carboxylic acids is 2. The van der Waals surface area contributed by atoms with Gasteiger partial charge in [-0.3, -0.25) is 4.79 Å². The van der Waals surface area contributed by atoms with Crippen LogP contribution in [0.4, 0.5) is 0 Å². The first-order valence-corrected chi connectivity index (χ1v) is 7.52. The minimum Gasteiger partial charge on any atom is -0.497 e. The average molecular weight is 299 g/mol.